The maximum atomic E-state index is 11.1. The van der Waals surface area contributed by atoms with E-state index >= 15 is 0 Å². The van der Waals surface area contributed by atoms with Gasteiger partial charge in [-0.3, -0.25) is 9.78 Å². The van der Waals surface area contributed by atoms with Gasteiger partial charge in [0.25, 0.3) is 0 Å². The number of primary amides is 1. The van der Waals surface area contributed by atoms with Gasteiger partial charge in [0, 0.05) is 35.6 Å². The third-order valence-electron chi connectivity index (χ3n) is 3.14. The zero-order valence-corrected chi connectivity index (χ0v) is 11.9. The standard InChI is InChI=1S/C15H16ClN3O/c1-10(11-4-6-18-7-5-11)19-9-13-3-2-12(15(17)20)8-14(13)16/h2-8,10,19H,9H2,1H3,(H2,17,20)/t10-/m1/s1. The Labute approximate surface area is 123 Å². The first-order valence-corrected chi connectivity index (χ1v) is 6.67. The molecule has 2 aromatic rings. The van der Waals surface area contributed by atoms with Gasteiger partial charge in [-0.25, -0.2) is 0 Å². The van der Waals surface area contributed by atoms with Crippen LogP contribution in [0.5, 0.6) is 0 Å². The molecule has 0 saturated carbocycles. The van der Waals surface area contributed by atoms with Crippen molar-refractivity contribution >= 4 is 17.5 Å². The highest BCUT2D eigenvalue weighted by Crippen LogP contribution is 2.19. The van der Waals surface area contributed by atoms with Crippen LogP contribution in [0, 0.1) is 0 Å². The minimum atomic E-state index is -0.475. The molecule has 0 unspecified atom stereocenters. The Morgan fingerprint density at radius 1 is 1.35 bits per heavy atom. The van der Waals surface area contributed by atoms with Crippen LogP contribution in [0.1, 0.15) is 34.5 Å². The molecule has 4 nitrogen and oxygen atoms in total. The summed E-state index contributed by atoms with van der Waals surface area (Å²) < 4.78 is 0. The molecule has 5 heteroatoms. The Balaban J connectivity index is 2.02. The first kappa shape index (κ1) is 14.5. The second-order valence-electron chi connectivity index (χ2n) is 4.55. The molecule has 0 aliphatic carbocycles. The van der Waals surface area contributed by atoms with Crippen molar-refractivity contribution < 1.29 is 4.79 Å². The smallest absolute Gasteiger partial charge is 0.248 e. The van der Waals surface area contributed by atoms with Crippen LogP contribution in [0.25, 0.3) is 0 Å². The monoisotopic (exact) mass is 289 g/mol. The summed E-state index contributed by atoms with van der Waals surface area (Å²) in [5.41, 5.74) is 7.71. The Morgan fingerprint density at radius 3 is 2.65 bits per heavy atom. The lowest BCUT2D eigenvalue weighted by Crippen LogP contribution is -2.18. The Kier molecular flexibility index (Phi) is 4.71. The molecule has 0 radical (unpaired) electrons. The zero-order chi connectivity index (χ0) is 14.5. The topological polar surface area (TPSA) is 68.0 Å². The van der Waals surface area contributed by atoms with Gasteiger partial charge < -0.3 is 11.1 Å². The van der Waals surface area contributed by atoms with Crippen LogP contribution < -0.4 is 11.1 Å². The molecule has 0 fully saturated rings. The number of nitrogens with one attached hydrogen (secondary N) is 1. The van der Waals surface area contributed by atoms with E-state index in [1.165, 1.54) is 0 Å². The van der Waals surface area contributed by atoms with E-state index in [2.05, 4.69) is 17.2 Å². The second kappa shape index (κ2) is 6.50. The van der Waals surface area contributed by atoms with E-state index in [9.17, 15) is 4.79 Å². The average Bonchev–Trinajstić information content (AvgIpc) is 2.46. The van der Waals surface area contributed by atoms with Crippen LogP contribution in [0.2, 0.25) is 5.02 Å². The fourth-order valence-corrected chi connectivity index (χ4v) is 2.12. The van der Waals surface area contributed by atoms with Crippen molar-refractivity contribution in [2.24, 2.45) is 5.73 Å². The van der Waals surface area contributed by atoms with Crippen molar-refractivity contribution in [2.45, 2.75) is 19.5 Å². The highest BCUT2D eigenvalue weighted by molar-refractivity contribution is 6.31. The molecule has 0 aliphatic rings. The number of carbonyl (C=O) groups is 1. The molecule has 0 aliphatic heterocycles. The first-order chi connectivity index (χ1) is 9.58. The molecule has 20 heavy (non-hydrogen) atoms. The number of rotatable bonds is 5. The van der Waals surface area contributed by atoms with Gasteiger partial charge >= 0.3 is 0 Å². The summed E-state index contributed by atoms with van der Waals surface area (Å²) in [5, 5.41) is 3.91. The molecule has 1 aromatic carbocycles. The lowest BCUT2D eigenvalue weighted by Gasteiger charge is -2.15. The zero-order valence-electron chi connectivity index (χ0n) is 11.1. The minimum Gasteiger partial charge on any atom is -0.366 e. The summed E-state index contributed by atoms with van der Waals surface area (Å²) in [5.74, 6) is -0.475. The Morgan fingerprint density at radius 2 is 2.05 bits per heavy atom. The van der Waals surface area contributed by atoms with Crippen molar-refractivity contribution in [1.82, 2.24) is 10.3 Å². The molecule has 0 spiro atoms. The van der Waals surface area contributed by atoms with Crippen LogP contribution in [0.3, 0.4) is 0 Å². The summed E-state index contributed by atoms with van der Waals surface area (Å²) in [4.78, 5) is 15.1. The van der Waals surface area contributed by atoms with E-state index < -0.39 is 5.91 Å². The first-order valence-electron chi connectivity index (χ1n) is 6.29. The van der Waals surface area contributed by atoms with Gasteiger partial charge in [-0.15, -0.1) is 0 Å². The van der Waals surface area contributed by atoms with Crippen LogP contribution in [-0.2, 0) is 6.54 Å². The van der Waals surface area contributed by atoms with Crippen molar-refractivity contribution in [3.8, 4) is 0 Å². The van der Waals surface area contributed by atoms with Crippen molar-refractivity contribution in [2.75, 3.05) is 0 Å². The maximum absolute atomic E-state index is 11.1. The Hall–Kier alpha value is -1.91. The Bertz CT molecular complexity index is 601. The summed E-state index contributed by atoms with van der Waals surface area (Å²) in [6.45, 7) is 2.68. The predicted molar refractivity (Wildman–Crippen MR) is 79.5 cm³/mol. The minimum absolute atomic E-state index is 0.185. The molecule has 2 rings (SSSR count). The van der Waals surface area contributed by atoms with E-state index in [0.29, 0.717) is 17.1 Å². The number of benzene rings is 1. The highest BCUT2D eigenvalue weighted by Gasteiger charge is 2.08. The molecule has 0 bridgehead atoms. The summed E-state index contributed by atoms with van der Waals surface area (Å²) >= 11 is 6.15. The lowest BCUT2D eigenvalue weighted by atomic mass is 10.1. The van der Waals surface area contributed by atoms with Crippen molar-refractivity contribution in [3.05, 3.63) is 64.4 Å². The number of halogens is 1. The molecule has 1 atom stereocenters. The van der Waals surface area contributed by atoms with Gasteiger partial charge in [0.2, 0.25) is 5.91 Å². The third kappa shape index (κ3) is 3.56. The number of pyridine rings is 1. The van der Waals surface area contributed by atoms with Gasteiger partial charge in [0.15, 0.2) is 0 Å². The summed E-state index contributed by atoms with van der Waals surface area (Å²) in [6, 6.07) is 9.21. The van der Waals surface area contributed by atoms with E-state index in [4.69, 9.17) is 17.3 Å². The fourth-order valence-electron chi connectivity index (χ4n) is 1.88. The fraction of sp³-hybridized carbons (Fsp3) is 0.200. The number of amides is 1. The number of hydrogen-bond donors (Lipinski definition) is 2. The van der Waals surface area contributed by atoms with Crippen LogP contribution in [0.4, 0.5) is 0 Å². The molecular weight excluding hydrogens is 274 g/mol. The number of nitrogens with two attached hydrogens (primary N) is 1. The van der Waals surface area contributed by atoms with Crippen molar-refractivity contribution in [1.29, 1.82) is 0 Å². The molecule has 3 N–H and O–H groups in total. The van der Waals surface area contributed by atoms with Crippen molar-refractivity contribution in [3.63, 3.8) is 0 Å². The van der Waals surface area contributed by atoms with Gasteiger partial charge in [-0.2, -0.15) is 0 Å². The third-order valence-corrected chi connectivity index (χ3v) is 3.49. The molecule has 104 valence electrons. The number of nitrogens with zero attached hydrogens (tertiary/aromatic N) is 1. The van der Waals surface area contributed by atoms with E-state index in [1.807, 2.05) is 18.2 Å². The molecule has 1 heterocycles. The summed E-state index contributed by atoms with van der Waals surface area (Å²) in [7, 11) is 0. The van der Waals surface area contributed by atoms with Crippen LogP contribution in [-0.4, -0.2) is 10.9 Å². The molecule has 1 amide bonds. The summed E-state index contributed by atoms with van der Waals surface area (Å²) in [6.07, 6.45) is 3.53. The lowest BCUT2D eigenvalue weighted by molar-refractivity contribution is 0.100. The normalized spacial score (nSPS) is 12.1. The average molecular weight is 290 g/mol. The van der Waals surface area contributed by atoms with Crippen LogP contribution >= 0.6 is 11.6 Å². The van der Waals surface area contributed by atoms with Gasteiger partial charge in [-0.1, -0.05) is 17.7 Å². The van der Waals surface area contributed by atoms with E-state index in [0.717, 1.165) is 11.1 Å². The SMILES string of the molecule is C[C@@H](NCc1ccc(C(N)=O)cc1Cl)c1ccncc1. The highest BCUT2D eigenvalue weighted by atomic mass is 35.5. The number of hydrogen-bond acceptors (Lipinski definition) is 3. The number of aromatic nitrogens is 1. The molecule has 1 aromatic heterocycles. The van der Waals surface area contributed by atoms with Gasteiger partial charge in [-0.05, 0) is 42.3 Å². The molecular formula is C15H16ClN3O. The van der Waals surface area contributed by atoms with Gasteiger partial charge in [0.05, 0.1) is 0 Å². The predicted octanol–water partition coefficient (Wildman–Crippen LogP) is 2.68. The largest absolute Gasteiger partial charge is 0.366 e. The van der Waals surface area contributed by atoms with Crippen LogP contribution in [0.15, 0.2) is 42.7 Å². The number of carbonyl (C=O) groups excluding carboxylic acids is 1. The second-order valence-corrected chi connectivity index (χ2v) is 4.96. The molecule has 0 saturated heterocycles. The van der Waals surface area contributed by atoms with Gasteiger partial charge in [0.1, 0.15) is 0 Å². The maximum Gasteiger partial charge on any atom is 0.248 e. The quantitative estimate of drug-likeness (QED) is 0.889. The van der Waals surface area contributed by atoms with E-state index in [1.54, 1.807) is 24.5 Å². The van der Waals surface area contributed by atoms with E-state index in [-0.39, 0.29) is 6.04 Å².